The Labute approximate surface area is 152 Å². The number of rotatable bonds is 6. The zero-order valence-electron chi connectivity index (χ0n) is 15.7. The lowest BCUT2D eigenvalue weighted by Gasteiger charge is -2.05. The Hall–Kier alpha value is -2.83. The maximum Gasteiger partial charge on any atom is 0.355 e. The molecular weight excluding hydrogens is 336 g/mol. The minimum absolute atomic E-state index is 0.00938. The van der Waals surface area contributed by atoms with Gasteiger partial charge in [-0.3, -0.25) is 9.59 Å². The first-order chi connectivity index (χ1) is 12.3. The number of methoxy groups -OCH3 is 1. The summed E-state index contributed by atoms with van der Waals surface area (Å²) in [7, 11) is 1.31. The van der Waals surface area contributed by atoms with Crippen LogP contribution in [0.1, 0.15) is 54.5 Å². The van der Waals surface area contributed by atoms with E-state index in [2.05, 4.69) is 10.3 Å². The van der Waals surface area contributed by atoms with Crippen molar-refractivity contribution in [3.63, 3.8) is 0 Å². The van der Waals surface area contributed by atoms with E-state index in [1.54, 1.807) is 26.8 Å². The first kappa shape index (κ1) is 19.5. The van der Waals surface area contributed by atoms with Crippen molar-refractivity contribution in [3.8, 4) is 0 Å². The maximum absolute atomic E-state index is 12.2. The van der Waals surface area contributed by atoms with Crippen LogP contribution in [0.15, 0.2) is 16.8 Å². The van der Waals surface area contributed by atoms with Gasteiger partial charge in [0.2, 0.25) is 0 Å². The fourth-order valence-corrected chi connectivity index (χ4v) is 2.99. The van der Waals surface area contributed by atoms with Gasteiger partial charge >= 0.3 is 11.9 Å². The summed E-state index contributed by atoms with van der Waals surface area (Å²) in [6.07, 6.45) is 2.45. The van der Waals surface area contributed by atoms with E-state index in [0.717, 1.165) is 5.57 Å². The molecule has 140 valence electrons. The second-order valence-corrected chi connectivity index (χ2v) is 5.96. The first-order valence-electron chi connectivity index (χ1n) is 8.52. The number of hydrogen-bond donors (Lipinski definition) is 2. The van der Waals surface area contributed by atoms with Crippen LogP contribution in [-0.2, 0) is 25.5 Å². The van der Waals surface area contributed by atoms with Gasteiger partial charge in [-0.25, -0.2) is 4.79 Å². The highest BCUT2D eigenvalue weighted by Crippen LogP contribution is 2.28. The lowest BCUT2D eigenvalue weighted by molar-refractivity contribution is -0.139. The van der Waals surface area contributed by atoms with Gasteiger partial charge in [-0.15, -0.1) is 0 Å². The molecule has 0 unspecified atom stereocenters. The predicted octanol–water partition coefficient (Wildman–Crippen LogP) is 2.41. The number of nitrogens with one attached hydrogen (secondary N) is 2. The molecule has 0 aliphatic carbocycles. The summed E-state index contributed by atoms with van der Waals surface area (Å²) in [5.41, 5.74) is 4.38. The molecule has 26 heavy (non-hydrogen) atoms. The summed E-state index contributed by atoms with van der Waals surface area (Å²) in [6, 6.07) is 0. The third-order valence-corrected chi connectivity index (χ3v) is 4.45. The minimum Gasteiger partial charge on any atom is -0.469 e. The molecule has 0 atom stereocenters. The molecule has 2 rings (SSSR count). The molecule has 2 heterocycles. The van der Waals surface area contributed by atoms with E-state index in [1.165, 1.54) is 7.11 Å². The zero-order chi connectivity index (χ0) is 19.4. The van der Waals surface area contributed by atoms with Gasteiger partial charge in [-0.2, -0.15) is 0 Å². The van der Waals surface area contributed by atoms with Gasteiger partial charge in [-0.05, 0) is 50.0 Å². The molecule has 1 aromatic heterocycles. The van der Waals surface area contributed by atoms with Crippen molar-refractivity contribution in [1.82, 2.24) is 10.3 Å². The maximum atomic E-state index is 12.2. The Kier molecular flexibility index (Phi) is 6.02. The summed E-state index contributed by atoms with van der Waals surface area (Å²) in [4.78, 5) is 39.0. The molecular formula is C19H24N2O5. The second-order valence-electron chi connectivity index (χ2n) is 5.96. The van der Waals surface area contributed by atoms with Crippen LogP contribution in [0.5, 0.6) is 0 Å². The molecule has 0 fully saturated rings. The quantitative estimate of drug-likeness (QED) is 0.759. The second kappa shape index (κ2) is 8.03. The van der Waals surface area contributed by atoms with Crippen LogP contribution >= 0.6 is 0 Å². The fraction of sp³-hybridized carbons (Fsp3) is 0.421. The van der Waals surface area contributed by atoms with Gasteiger partial charge in [0.15, 0.2) is 0 Å². The summed E-state index contributed by atoms with van der Waals surface area (Å²) in [6.45, 7) is 7.46. The molecule has 1 amide bonds. The summed E-state index contributed by atoms with van der Waals surface area (Å²) < 4.78 is 9.83. The van der Waals surface area contributed by atoms with Gasteiger partial charge in [0.25, 0.3) is 5.91 Å². The Morgan fingerprint density at radius 2 is 1.88 bits per heavy atom. The van der Waals surface area contributed by atoms with E-state index < -0.39 is 11.9 Å². The number of aromatic amines is 1. The Morgan fingerprint density at radius 3 is 2.46 bits per heavy atom. The van der Waals surface area contributed by atoms with Crippen LogP contribution in [0.2, 0.25) is 0 Å². The van der Waals surface area contributed by atoms with Crippen LogP contribution in [0.25, 0.3) is 6.08 Å². The van der Waals surface area contributed by atoms with Crippen LogP contribution in [0, 0.1) is 6.92 Å². The average molecular weight is 360 g/mol. The number of H-pyrrole nitrogens is 1. The van der Waals surface area contributed by atoms with Gasteiger partial charge in [0, 0.05) is 17.0 Å². The van der Waals surface area contributed by atoms with Crippen molar-refractivity contribution < 1.29 is 23.9 Å². The van der Waals surface area contributed by atoms with Crippen molar-refractivity contribution in [1.29, 1.82) is 0 Å². The Morgan fingerprint density at radius 1 is 1.19 bits per heavy atom. The molecule has 7 nitrogen and oxygen atoms in total. The zero-order valence-corrected chi connectivity index (χ0v) is 15.7. The highest BCUT2D eigenvalue weighted by molar-refractivity contribution is 6.01. The van der Waals surface area contributed by atoms with Crippen molar-refractivity contribution in [3.05, 3.63) is 39.4 Å². The number of carbonyl (C=O) groups excluding carboxylic acids is 3. The van der Waals surface area contributed by atoms with E-state index in [1.807, 2.05) is 6.92 Å². The minimum atomic E-state index is -0.487. The predicted molar refractivity (Wildman–Crippen MR) is 96.3 cm³/mol. The molecule has 0 saturated heterocycles. The third kappa shape index (κ3) is 3.71. The number of allylic oxidation sites excluding steroid dienone is 1. The number of carbonyl (C=O) groups is 3. The molecule has 1 aromatic rings. The largest absolute Gasteiger partial charge is 0.469 e. The number of ether oxygens (including phenoxy) is 2. The van der Waals surface area contributed by atoms with E-state index >= 15 is 0 Å². The SMILES string of the molecule is CCOC(=O)c1[nH]c(/C=C2\NC(=O)C(C)=C2CC)c(CC(=O)OC)c1C. The number of aromatic nitrogens is 1. The van der Waals surface area contributed by atoms with Crippen LogP contribution in [0.3, 0.4) is 0 Å². The number of esters is 2. The molecule has 0 saturated carbocycles. The monoisotopic (exact) mass is 360 g/mol. The lowest BCUT2D eigenvalue weighted by Crippen LogP contribution is -2.15. The summed E-state index contributed by atoms with van der Waals surface area (Å²) in [5, 5.41) is 2.83. The molecule has 0 aromatic carbocycles. The van der Waals surface area contributed by atoms with Crippen LogP contribution in [0.4, 0.5) is 0 Å². The topological polar surface area (TPSA) is 97.5 Å². The van der Waals surface area contributed by atoms with Crippen molar-refractivity contribution in [2.45, 2.75) is 40.5 Å². The first-order valence-corrected chi connectivity index (χ1v) is 8.52. The number of hydrogen-bond acceptors (Lipinski definition) is 5. The van der Waals surface area contributed by atoms with E-state index in [-0.39, 0.29) is 18.9 Å². The van der Waals surface area contributed by atoms with Crippen molar-refractivity contribution >= 4 is 23.9 Å². The Bertz CT molecular complexity index is 814. The lowest BCUT2D eigenvalue weighted by atomic mass is 10.0. The van der Waals surface area contributed by atoms with E-state index in [9.17, 15) is 14.4 Å². The van der Waals surface area contributed by atoms with Crippen LogP contribution in [-0.4, -0.2) is 36.5 Å². The van der Waals surface area contributed by atoms with Gasteiger partial charge in [0.05, 0.1) is 20.1 Å². The van der Waals surface area contributed by atoms with Gasteiger partial charge in [0.1, 0.15) is 5.69 Å². The fourth-order valence-electron chi connectivity index (χ4n) is 2.99. The van der Waals surface area contributed by atoms with Crippen molar-refractivity contribution in [2.75, 3.05) is 13.7 Å². The van der Waals surface area contributed by atoms with Crippen molar-refractivity contribution in [2.24, 2.45) is 0 Å². The van der Waals surface area contributed by atoms with E-state index in [0.29, 0.717) is 40.2 Å². The molecule has 2 N–H and O–H groups in total. The standard InChI is InChI=1S/C19H24N2O5/c1-6-12-11(4)18(23)21-14(12)9-15-13(8-16(22)25-5)10(3)17(20-15)19(24)26-7-2/h9,20H,6-8H2,1-5H3,(H,21,23)/b14-9-. The summed E-state index contributed by atoms with van der Waals surface area (Å²) in [5.74, 6) is -1.05. The highest BCUT2D eigenvalue weighted by Gasteiger charge is 2.25. The summed E-state index contributed by atoms with van der Waals surface area (Å²) >= 11 is 0. The van der Waals surface area contributed by atoms with Crippen LogP contribution < -0.4 is 5.32 Å². The molecule has 0 radical (unpaired) electrons. The molecule has 0 bridgehead atoms. The van der Waals surface area contributed by atoms with E-state index in [4.69, 9.17) is 9.47 Å². The molecule has 1 aliphatic heterocycles. The Balaban J connectivity index is 2.54. The third-order valence-electron chi connectivity index (χ3n) is 4.45. The van der Waals surface area contributed by atoms with Gasteiger partial charge < -0.3 is 19.8 Å². The van der Waals surface area contributed by atoms with Gasteiger partial charge in [-0.1, -0.05) is 6.92 Å². The smallest absolute Gasteiger partial charge is 0.355 e. The molecule has 7 heteroatoms. The normalized spacial score (nSPS) is 15.4. The number of amides is 1. The molecule has 0 spiro atoms. The molecule has 1 aliphatic rings. The average Bonchev–Trinajstić information content (AvgIpc) is 3.05. The highest BCUT2D eigenvalue weighted by atomic mass is 16.5.